The van der Waals surface area contributed by atoms with Crippen LogP contribution in [0.4, 0.5) is 5.95 Å². The lowest BCUT2D eigenvalue weighted by Gasteiger charge is -2.43. The number of nitrogens with one attached hydrogen (secondary N) is 1. The molecule has 1 heterocycles. The molecule has 2 bridgehead atoms. The number of fused-ring (bicyclic) bond motifs is 2. The number of hydrogen-bond donors (Lipinski definition) is 1. The topological polar surface area (TPSA) is 37.8 Å². The van der Waals surface area contributed by atoms with Gasteiger partial charge in [-0.25, -0.2) is 9.97 Å². The van der Waals surface area contributed by atoms with E-state index < -0.39 is 0 Å². The van der Waals surface area contributed by atoms with Gasteiger partial charge in [-0.1, -0.05) is 20.8 Å². The number of aromatic nitrogens is 2. The first-order valence-corrected chi connectivity index (χ1v) is 6.98. The largest absolute Gasteiger partial charge is 0.350 e. The van der Waals surface area contributed by atoms with Gasteiger partial charge >= 0.3 is 0 Å². The van der Waals surface area contributed by atoms with Gasteiger partial charge in [0.15, 0.2) is 0 Å². The predicted molar refractivity (Wildman–Crippen MR) is 73.4 cm³/mol. The van der Waals surface area contributed by atoms with Gasteiger partial charge in [0.1, 0.15) is 0 Å². The summed E-state index contributed by atoms with van der Waals surface area (Å²) in [4.78, 5) is 8.86. The molecular formula is C15H23N3. The summed E-state index contributed by atoms with van der Waals surface area (Å²) < 4.78 is 0. The Balaban J connectivity index is 1.88. The second-order valence-corrected chi connectivity index (χ2v) is 7.01. The second-order valence-electron chi connectivity index (χ2n) is 7.01. The minimum atomic E-state index is 0.347. The van der Waals surface area contributed by atoms with Gasteiger partial charge in [0.2, 0.25) is 5.95 Å². The Morgan fingerprint density at radius 1 is 1.33 bits per heavy atom. The van der Waals surface area contributed by atoms with Crippen LogP contribution in [0.1, 0.15) is 45.7 Å². The molecule has 0 radical (unpaired) electrons. The highest BCUT2D eigenvalue weighted by Gasteiger charge is 2.59. The normalized spacial score (nSPS) is 36.9. The summed E-state index contributed by atoms with van der Waals surface area (Å²) in [5.74, 6) is 1.65. The first kappa shape index (κ1) is 11.9. The van der Waals surface area contributed by atoms with Crippen molar-refractivity contribution in [1.82, 2.24) is 9.97 Å². The molecule has 1 aromatic rings. The van der Waals surface area contributed by atoms with E-state index in [2.05, 4.69) is 36.1 Å². The molecule has 2 saturated carbocycles. The Morgan fingerprint density at radius 2 is 2.11 bits per heavy atom. The monoisotopic (exact) mass is 245 g/mol. The van der Waals surface area contributed by atoms with Crippen LogP contribution in [0.3, 0.4) is 0 Å². The van der Waals surface area contributed by atoms with Crippen LogP contribution in [0.15, 0.2) is 12.3 Å². The van der Waals surface area contributed by atoms with Crippen molar-refractivity contribution in [3.05, 3.63) is 18.0 Å². The molecular weight excluding hydrogens is 222 g/mol. The summed E-state index contributed by atoms with van der Waals surface area (Å²) >= 11 is 0. The number of aryl methyl sites for hydroxylation is 1. The molecule has 3 heteroatoms. The standard InChI is InChI=1S/C15H23N3/c1-10-6-8-16-13(17-10)18-12-14(2,3)11-5-7-15(12,4)9-11/h6,8,11-12H,5,7,9H2,1-4H3,(H,16,17,18). The fourth-order valence-electron chi connectivity index (χ4n) is 4.31. The zero-order valence-electron chi connectivity index (χ0n) is 11.8. The third-order valence-electron chi connectivity index (χ3n) is 5.34. The predicted octanol–water partition coefficient (Wildman–Crippen LogP) is 3.41. The van der Waals surface area contributed by atoms with Crippen LogP contribution in [0.5, 0.6) is 0 Å². The van der Waals surface area contributed by atoms with E-state index in [0.717, 1.165) is 17.6 Å². The maximum atomic E-state index is 4.49. The zero-order chi connectivity index (χ0) is 13.0. The molecule has 98 valence electrons. The average Bonchev–Trinajstić information content (AvgIpc) is 2.76. The highest BCUT2D eigenvalue weighted by molar-refractivity contribution is 5.32. The Bertz CT molecular complexity index is 464. The maximum absolute atomic E-state index is 4.49. The van der Waals surface area contributed by atoms with Gasteiger partial charge in [0.05, 0.1) is 0 Å². The van der Waals surface area contributed by atoms with E-state index in [0.29, 0.717) is 16.9 Å². The smallest absolute Gasteiger partial charge is 0.223 e. The van der Waals surface area contributed by atoms with Gasteiger partial charge in [-0.2, -0.15) is 0 Å². The van der Waals surface area contributed by atoms with Crippen LogP contribution in [0.25, 0.3) is 0 Å². The fourth-order valence-corrected chi connectivity index (χ4v) is 4.31. The summed E-state index contributed by atoms with van der Waals surface area (Å²) in [6, 6.07) is 2.43. The van der Waals surface area contributed by atoms with Gasteiger partial charge in [-0.3, -0.25) is 0 Å². The van der Waals surface area contributed by atoms with E-state index >= 15 is 0 Å². The highest BCUT2D eigenvalue weighted by atomic mass is 15.1. The molecule has 0 aromatic carbocycles. The van der Waals surface area contributed by atoms with Crippen LogP contribution in [0, 0.1) is 23.7 Å². The molecule has 3 nitrogen and oxygen atoms in total. The van der Waals surface area contributed by atoms with E-state index in [1.165, 1.54) is 19.3 Å². The molecule has 1 aromatic heterocycles. The summed E-state index contributed by atoms with van der Waals surface area (Å²) in [5, 5.41) is 3.62. The van der Waals surface area contributed by atoms with Gasteiger partial charge in [-0.15, -0.1) is 0 Å². The van der Waals surface area contributed by atoms with Gasteiger partial charge in [-0.05, 0) is 49.0 Å². The quantitative estimate of drug-likeness (QED) is 0.867. The molecule has 3 atom stereocenters. The first-order chi connectivity index (χ1) is 8.42. The summed E-state index contributed by atoms with van der Waals surface area (Å²) in [5.41, 5.74) is 1.79. The van der Waals surface area contributed by atoms with Crippen molar-refractivity contribution in [2.75, 3.05) is 5.32 Å². The second kappa shape index (κ2) is 3.69. The maximum Gasteiger partial charge on any atom is 0.223 e. The lowest BCUT2D eigenvalue weighted by molar-refractivity contribution is 0.155. The molecule has 0 aliphatic heterocycles. The van der Waals surface area contributed by atoms with Crippen molar-refractivity contribution in [2.24, 2.45) is 16.7 Å². The van der Waals surface area contributed by atoms with Crippen LogP contribution in [-0.2, 0) is 0 Å². The molecule has 1 N–H and O–H groups in total. The van der Waals surface area contributed by atoms with Gasteiger partial charge in [0.25, 0.3) is 0 Å². The molecule has 3 unspecified atom stereocenters. The van der Waals surface area contributed by atoms with E-state index in [1.807, 2.05) is 19.2 Å². The van der Waals surface area contributed by atoms with Crippen molar-refractivity contribution < 1.29 is 0 Å². The summed E-state index contributed by atoms with van der Waals surface area (Å²) in [6.45, 7) is 9.24. The average molecular weight is 245 g/mol. The molecule has 18 heavy (non-hydrogen) atoms. The fraction of sp³-hybridized carbons (Fsp3) is 0.733. The van der Waals surface area contributed by atoms with Crippen LogP contribution < -0.4 is 5.32 Å². The highest BCUT2D eigenvalue weighted by Crippen LogP contribution is 2.62. The molecule has 0 amide bonds. The third-order valence-corrected chi connectivity index (χ3v) is 5.34. The third kappa shape index (κ3) is 1.63. The van der Waals surface area contributed by atoms with Crippen LogP contribution >= 0.6 is 0 Å². The lowest BCUT2D eigenvalue weighted by Crippen LogP contribution is -2.46. The van der Waals surface area contributed by atoms with Gasteiger partial charge < -0.3 is 5.32 Å². The summed E-state index contributed by atoms with van der Waals surface area (Å²) in [6.07, 6.45) is 5.91. The Morgan fingerprint density at radius 3 is 2.72 bits per heavy atom. The minimum absolute atomic E-state index is 0.347. The number of rotatable bonds is 2. The van der Waals surface area contributed by atoms with E-state index in [9.17, 15) is 0 Å². The first-order valence-electron chi connectivity index (χ1n) is 6.98. The number of anilines is 1. The van der Waals surface area contributed by atoms with E-state index in [1.54, 1.807) is 0 Å². The van der Waals surface area contributed by atoms with Crippen LogP contribution in [0.2, 0.25) is 0 Å². The lowest BCUT2D eigenvalue weighted by atomic mass is 9.68. The Labute approximate surface area is 109 Å². The SMILES string of the molecule is Cc1ccnc(NC2C3(C)CCC(C3)C2(C)C)n1. The minimum Gasteiger partial charge on any atom is -0.350 e. The number of nitrogens with zero attached hydrogens (tertiary/aromatic N) is 2. The molecule has 0 spiro atoms. The van der Waals surface area contributed by atoms with Crippen LogP contribution in [-0.4, -0.2) is 16.0 Å². The van der Waals surface area contributed by atoms with Crippen molar-refractivity contribution in [1.29, 1.82) is 0 Å². The van der Waals surface area contributed by atoms with E-state index in [4.69, 9.17) is 0 Å². The van der Waals surface area contributed by atoms with Crippen molar-refractivity contribution in [3.63, 3.8) is 0 Å². The van der Waals surface area contributed by atoms with Crippen molar-refractivity contribution in [2.45, 2.75) is 53.0 Å². The van der Waals surface area contributed by atoms with Gasteiger partial charge in [0, 0.05) is 17.9 Å². The zero-order valence-corrected chi connectivity index (χ0v) is 11.8. The molecule has 0 saturated heterocycles. The number of hydrogen-bond acceptors (Lipinski definition) is 3. The Kier molecular flexibility index (Phi) is 2.45. The molecule has 2 aliphatic rings. The molecule has 3 rings (SSSR count). The summed E-state index contributed by atoms with van der Waals surface area (Å²) in [7, 11) is 0. The van der Waals surface area contributed by atoms with Crippen molar-refractivity contribution >= 4 is 5.95 Å². The molecule has 2 aliphatic carbocycles. The Hall–Kier alpha value is -1.12. The molecule has 2 fully saturated rings. The van der Waals surface area contributed by atoms with Crippen molar-refractivity contribution in [3.8, 4) is 0 Å². The van der Waals surface area contributed by atoms with E-state index in [-0.39, 0.29) is 0 Å².